The molecule has 0 aliphatic carbocycles. The zero-order chi connectivity index (χ0) is 22.1. The number of benzene rings is 2. The summed E-state index contributed by atoms with van der Waals surface area (Å²) < 4.78 is 5.47. The molecule has 1 N–H and O–H groups in total. The maximum absolute atomic E-state index is 12.8. The van der Waals surface area contributed by atoms with Gasteiger partial charge in [0.25, 0.3) is 0 Å². The van der Waals surface area contributed by atoms with Gasteiger partial charge in [-0.05, 0) is 42.5 Å². The second-order valence-electron chi connectivity index (χ2n) is 8.34. The number of carboxylic acids is 1. The highest BCUT2D eigenvalue weighted by molar-refractivity contribution is 5.94. The predicted octanol–water partition coefficient (Wildman–Crippen LogP) is 3.88. The Morgan fingerprint density at radius 3 is 2.65 bits per heavy atom. The average Bonchev–Trinajstić information content (AvgIpc) is 3.23. The number of likely N-dealkylation sites (tertiary alicyclic amines) is 1. The van der Waals surface area contributed by atoms with E-state index in [0.717, 1.165) is 27.6 Å². The van der Waals surface area contributed by atoms with Crippen LogP contribution in [0.1, 0.15) is 24.5 Å². The van der Waals surface area contributed by atoms with Gasteiger partial charge in [0, 0.05) is 36.0 Å². The molecule has 2 heterocycles. The molecular weight excluding hydrogens is 394 g/mol. The Labute approximate surface area is 180 Å². The van der Waals surface area contributed by atoms with Crippen molar-refractivity contribution in [2.75, 3.05) is 13.1 Å². The van der Waals surface area contributed by atoms with Crippen LogP contribution in [-0.4, -0.2) is 35.0 Å². The van der Waals surface area contributed by atoms with E-state index in [2.05, 4.69) is 0 Å². The van der Waals surface area contributed by atoms with Crippen LogP contribution in [-0.2, 0) is 16.0 Å². The van der Waals surface area contributed by atoms with Crippen LogP contribution >= 0.6 is 0 Å². The Balaban J connectivity index is 1.59. The fraction of sp³-hybridized carbons (Fsp3) is 0.320. The monoisotopic (exact) mass is 419 g/mol. The van der Waals surface area contributed by atoms with Gasteiger partial charge in [0.05, 0.1) is 5.92 Å². The summed E-state index contributed by atoms with van der Waals surface area (Å²) >= 11 is 0. The lowest BCUT2D eigenvalue weighted by atomic mass is 9.95. The molecular formula is C25H25NO5. The van der Waals surface area contributed by atoms with Crippen molar-refractivity contribution < 1.29 is 19.1 Å². The van der Waals surface area contributed by atoms with Crippen LogP contribution in [0.4, 0.5) is 0 Å². The molecule has 1 amide bonds. The first-order valence-corrected chi connectivity index (χ1v) is 10.5. The largest absolute Gasteiger partial charge is 0.481 e. The molecule has 2 aromatic carbocycles. The lowest BCUT2D eigenvalue weighted by Gasteiger charge is -2.21. The number of hydrogen-bond donors (Lipinski definition) is 1. The molecule has 1 aromatic heterocycles. The van der Waals surface area contributed by atoms with E-state index in [1.165, 1.54) is 6.07 Å². The first kappa shape index (κ1) is 20.8. The van der Waals surface area contributed by atoms with E-state index in [4.69, 9.17) is 9.52 Å². The standard InChI is InChI=1S/C25H25NO5/c1-15-5-3-4-6-19(15)21-13-23(27)31-22-12-17(7-8-20(21)22)11-16(2)24(28)26-10-9-18(14-26)25(29)30/h3-8,12-13,16,18H,9-11,14H2,1-2H3,(H,29,30)/t16?,18-/m0/s1. The van der Waals surface area contributed by atoms with E-state index in [1.54, 1.807) is 4.90 Å². The van der Waals surface area contributed by atoms with E-state index in [-0.39, 0.29) is 18.4 Å². The minimum Gasteiger partial charge on any atom is -0.481 e. The summed E-state index contributed by atoms with van der Waals surface area (Å²) in [6.07, 6.45) is 0.984. The number of amides is 1. The molecule has 6 heteroatoms. The second kappa shape index (κ2) is 8.38. The van der Waals surface area contributed by atoms with Crippen molar-refractivity contribution in [1.82, 2.24) is 4.90 Å². The van der Waals surface area contributed by atoms with E-state index in [0.29, 0.717) is 25.0 Å². The number of aliphatic carboxylic acids is 1. The zero-order valence-corrected chi connectivity index (χ0v) is 17.6. The topological polar surface area (TPSA) is 87.8 Å². The van der Waals surface area contributed by atoms with Crippen LogP contribution in [0.5, 0.6) is 0 Å². The Kier molecular flexibility index (Phi) is 5.63. The van der Waals surface area contributed by atoms with Crippen LogP contribution < -0.4 is 5.63 Å². The molecule has 1 aliphatic rings. The molecule has 1 unspecified atom stereocenters. The van der Waals surface area contributed by atoms with Crippen LogP contribution in [0, 0.1) is 18.8 Å². The average molecular weight is 419 g/mol. The maximum atomic E-state index is 12.8. The first-order valence-electron chi connectivity index (χ1n) is 10.5. The third kappa shape index (κ3) is 4.24. The highest BCUT2D eigenvalue weighted by Crippen LogP contribution is 2.30. The molecule has 1 saturated heterocycles. The summed E-state index contributed by atoms with van der Waals surface area (Å²) in [5.74, 6) is -1.67. The third-order valence-electron chi connectivity index (χ3n) is 6.06. The number of fused-ring (bicyclic) bond motifs is 1. The quantitative estimate of drug-likeness (QED) is 0.634. The molecule has 3 aromatic rings. The molecule has 1 fully saturated rings. The molecule has 2 atom stereocenters. The molecule has 0 saturated carbocycles. The highest BCUT2D eigenvalue weighted by Gasteiger charge is 2.32. The lowest BCUT2D eigenvalue weighted by Crippen LogP contribution is -2.34. The van der Waals surface area contributed by atoms with Gasteiger partial charge >= 0.3 is 11.6 Å². The molecule has 0 bridgehead atoms. The van der Waals surface area contributed by atoms with Crippen molar-refractivity contribution in [2.45, 2.75) is 26.7 Å². The minimum absolute atomic E-state index is 0.0426. The minimum atomic E-state index is -0.850. The number of hydrogen-bond acceptors (Lipinski definition) is 4. The van der Waals surface area contributed by atoms with E-state index < -0.39 is 17.5 Å². The third-order valence-corrected chi connectivity index (χ3v) is 6.06. The van der Waals surface area contributed by atoms with Gasteiger partial charge in [-0.1, -0.05) is 43.3 Å². The molecule has 160 valence electrons. The number of carbonyl (C=O) groups excluding carboxylic acids is 1. The highest BCUT2D eigenvalue weighted by atomic mass is 16.4. The second-order valence-corrected chi connectivity index (χ2v) is 8.34. The normalized spacial score (nSPS) is 17.1. The van der Waals surface area contributed by atoms with E-state index in [9.17, 15) is 14.4 Å². The summed E-state index contributed by atoms with van der Waals surface area (Å²) in [7, 11) is 0. The van der Waals surface area contributed by atoms with Gasteiger partial charge in [0.2, 0.25) is 5.91 Å². The maximum Gasteiger partial charge on any atom is 0.336 e. The van der Waals surface area contributed by atoms with E-state index in [1.807, 2.05) is 56.3 Å². The summed E-state index contributed by atoms with van der Waals surface area (Å²) in [6, 6.07) is 15.1. The van der Waals surface area contributed by atoms with Crippen LogP contribution in [0.2, 0.25) is 0 Å². The van der Waals surface area contributed by atoms with Crippen LogP contribution in [0.25, 0.3) is 22.1 Å². The van der Waals surface area contributed by atoms with E-state index >= 15 is 0 Å². The van der Waals surface area contributed by atoms with Crippen LogP contribution in [0.3, 0.4) is 0 Å². The van der Waals surface area contributed by atoms with Gasteiger partial charge in [-0.2, -0.15) is 0 Å². The number of nitrogens with zero attached hydrogens (tertiary/aromatic N) is 1. The summed E-state index contributed by atoms with van der Waals surface area (Å²) in [6.45, 7) is 4.60. The molecule has 4 rings (SSSR count). The number of carbonyl (C=O) groups is 2. The van der Waals surface area contributed by atoms with Crippen molar-refractivity contribution in [1.29, 1.82) is 0 Å². The van der Waals surface area contributed by atoms with Gasteiger partial charge in [-0.3, -0.25) is 9.59 Å². The molecule has 1 aliphatic heterocycles. The summed E-state index contributed by atoms with van der Waals surface area (Å²) in [4.78, 5) is 37.8. The van der Waals surface area contributed by atoms with Crippen molar-refractivity contribution in [2.24, 2.45) is 11.8 Å². The summed E-state index contributed by atoms with van der Waals surface area (Å²) in [5.41, 5.74) is 3.87. The SMILES string of the molecule is Cc1ccccc1-c1cc(=O)oc2cc(CC(C)C(=O)N3CC[C@H](C(=O)O)C3)ccc12. The van der Waals surface area contributed by atoms with Crippen molar-refractivity contribution in [3.63, 3.8) is 0 Å². The lowest BCUT2D eigenvalue weighted by molar-refractivity contribution is -0.141. The first-order chi connectivity index (χ1) is 14.8. The van der Waals surface area contributed by atoms with Gasteiger partial charge in [0.1, 0.15) is 5.58 Å². The van der Waals surface area contributed by atoms with Gasteiger partial charge in [0.15, 0.2) is 0 Å². The molecule has 31 heavy (non-hydrogen) atoms. The Morgan fingerprint density at radius 1 is 1.16 bits per heavy atom. The van der Waals surface area contributed by atoms with Gasteiger partial charge < -0.3 is 14.4 Å². The Hall–Kier alpha value is -3.41. The fourth-order valence-electron chi connectivity index (χ4n) is 4.35. The van der Waals surface area contributed by atoms with Crippen LogP contribution in [0.15, 0.2) is 57.7 Å². The van der Waals surface area contributed by atoms with Crippen molar-refractivity contribution in [3.05, 3.63) is 70.1 Å². The number of aryl methyl sites for hydroxylation is 1. The number of rotatable bonds is 5. The Bertz CT molecular complexity index is 1210. The van der Waals surface area contributed by atoms with Crippen molar-refractivity contribution in [3.8, 4) is 11.1 Å². The molecule has 0 spiro atoms. The van der Waals surface area contributed by atoms with Gasteiger partial charge in [-0.25, -0.2) is 4.79 Å². The number of carboxylic acid groups (broad SMARTS) is 1. The fourth-order valence-corrected chi connectivity index (χ4v) is 4.35. The molecule has 6 nitrogen and oxygen atoms in total. The summed E-state index contributed by atoms with van der Waals surface area (Å²) in [5, 5.41) is 10.0. The smallest absolute Gasteiger partial charge is 0.336 e. The van der Waals surface area contributed by atoms with Crippen molar-refractivity contribution >= 4 is 22.8 Å². The molecule has 0 radical (unpaired) electrons. The zero-order valence-electron chi connectivity index (χ0n) is 17.6. The Morgan fingerprint density at radius 2 is 1.94 bits per heavy atom. The predicted molar refractivity (Wildman–Crippen MR) is 118 cm³/mol. The van der Waals surface area contributed by atoms with Gasteiger partial charge in [-0.15, -0.1) is 0 Å².